The molecule has 1 amide bonds. The van der Waals surface area contributed by atoms with E-state index in [1.807, 2.05) is 23.1 Å². The van der Waals surface area contributed by atoms with Gasteiger partial charge in [0.15, 0.2) is 15.8 Å². The molecule has 0 saturated carbocycles. The van der Waals surface area contributed by atoms with Gasteiger partial charge in [-0.1, -0.05) is 41.3 Å². The van der Waals surface area contributed by atoms with Gasteiger partial charge in [-0.15, -0.1) is 10.2 Å². The van der Waals surface area contributed by atoms with E-state index in [-0.39, 0.29) is 17.8 Å². The van der Waals surface area contributed by atoms with E-state index in [1.54, 1.807) is 12.1 Å². The molecule has 2 aromatic carbocycles. The number of carbonyl (C=O) groups excluding carboxylic acids is 1. The molecule has 2 aliphatic heterocycles. The number of carbonyl (C=O) groups is 1. The summed E-state index contributed by atoms with van der Waals surface area (Å²) in [4.78, 5) is 14.9. The fourth-order valence-electron chi connectivity index (χ4n) is 4.00. The summed E-state index contributed by atoms with van der Waals surface area (Å²) in [7, 11) is 0. The highest BCUT2D eigenvalue weighted by atomic mass is 32.2. The van der Waals surface area contributed by atoms with E-state index in [0.29, 0.717) is 30.6 Å². The van der Waals surface area contributed by atoms with Crippen LogP contribution in [0, 0.1) is 5.82 Å². The Balaban J connectivity index is 1.16. The van der Waals surface area contributed by atoms with Gasteiger partial charge in [0.2, 0.25) is 11.0 Å². The number of hydrogen-bond acceptors (Lipinski definition) is 8. The average Bonchev–Trinajstić information content (AvgIpc) is 3.52. The maximum Gasteiger partial charge on any atom is 0.233 e. The van der Waals surface area contributed by atoms with Crippen LogP contribution in [0.1, 0.15) is 30.0 Å². The van der Waals surface area contributed by atoms with Crippen molar-refractivity contribution in [1.29, 1.82) is 0 Å². The van der Waals surface area contributed by atoms with Crippen molar-refractivity contribution in [3.05, 3.63) is 59.4 Å². The van der Waals surface area contributed by atoms with E-state index >= 15 is 0 Å². The van der Waals surface area contributed by atoms with E-state index in [4.69, 9.17) is 9.47 Å². The zero-order valence-electron chi connectivity index (χ0n) is 17.8. The fraction of sp³-hybridized carbons (Fsp3) is 0.348. The lowest BCUT2D eigenvalue weighted by Crippen LogP contribution is -2.32. The molecule has 3 aromatic rings. The van der Waals surface area contributed by atoms with Gasteiger partial charge in [-0.25, -0.2) is 4.39 Å². The van der Waals surface area contributed by atoms with E-state index < -0.39 is 0 Å². The van der Waals surface area contributed by atoms with Crippen molar-refractivity contribution in [3.8, 4) is 11.5 Å². The highest BCUT2D eigenvalue weighted by Gasteiger charge is 2.31. The standard InChI is InChI=1S/C23H23FN4O3S2/c24-17-6-3-15(4-7-17)13-25-22-26-27-23(33-22)32-14-21(29)28-9-1-2-18(28)16-5-8-19-20(12-16)31-11-10-30-19/h3-8,12,18H,1-2,9-11,13-14H2,(H,25,26). The molecule has 0 spiro atoms. The van der Waals surface area contributed by atoms with Gasteiger partial charge >= 0.3 is 0 Å². The molecule has 7 nitrogen and oxygen atoms in total. The summed E-state index contributed by atoms with van der Waals surface area (Å²) in [5.41, 5.74) is 2.04. The highest BCUT2D eigenvalue weighted by Crippen LogP contribution is 2.38. The molecule has 1 N–H and O–H groups in total. The Hall–Kier alpha value is -2.85. The van der Waals surface area contributed by atoms with Crippen molar-refractivity contribution >= 4 is 34.1 Å². The van der Waals surface area contributed by atoms with Crippen molar-refractivity contribution in [3.63, 3.8) is 0 Å². The van der Waals surface area contributed by atoms with Crippen LogP contribution in [0.15, 0.2) is 46.8 Å². The van der Waals surface area contributed by atoms with Crippen LogP contribution in [0.5, 0.6) is 11.5 Å². The van der Waals surface area contributed by atoms with Crippen LogP contribution in [-0.2, 0) is 11.3 Å². The van der Waals surface area contributed by atoms with E-state index in [9.17, 15) is 9.18 Å². The van der Waals surface area contributed by atoms with E-state index in [2.05, 4.69) is 15.5 Å². The van der Waals surface area contributed by atoms with Gasteiger partial charge in [0.05, 0.1) is 11.8 Å². The van der Waals surface area contributed by atoms with Crippen molar-refractivity contribution in [2.45, 2.75) is 29.8 Å². The van der Waals surface area contributed by atoms with Crippen molar-refractivity contribution in [2.75, 3.05) is 30.8 Å². The molecule has 3 heterocycles. The summed E-state index contributed by atoms with van der Waals surface area (Å²) >= 11 is 2.81. The second-order valence-electron chi connectivity index (χ2n) is 7.79. The number of benzene rings is 2. The number of hydrogen-bond donors (Lipinski definition) is 1. The Bertz CT molecular complexity index is 1130. The Morgan fingerprint density at radius 2 is 1.97 bits per heavy atom. The van der Waals surface area contributed by atoms with E-state index in [1.165, 1.54) is 35.2 Å². The zero-order chi connectivity index (χ0) is 22.6. The molecule has 10 heteroatoms. The number of thioether (sulfide) groups is 1. The Morgan fingerprint density at radius 1 is 1.15 bits per heavy atom. The first-order valence-corrected chi connectivity index (χ1v) is 12.6. The van der Waals surface area contributed by atoms with Crippen LogP contribution in [0.3, 0.4) is 0 Å². The zero-order valence-corrected chi connectivity index (χ0v) is 19.5. The van der Waals surface area contributed by atoms with Gasteiger partial charge in [0.25, 0.3) is 0 Å². The number of amides is 1. The lowest BCUT2D eigenvalue weighted by atomic mass is 10.0. The lowest BCUT2D eigenvalue weighted by Gasteiger charge is -2.26. The second kappa shape index (κ2) is 9.96. The lowest BCUT2D eigenvalue weighted by molar-refractivity contribution is -0.129. The SMILES string of the molecule is O=C(CSc1nnc(NCc2ccc(F)cc2)s1)N1CCCC1c1ccc2c(c1)OCCO2. The van der Waals surface area contributed by atoms with Gasteiger partial charge in [-0.2, -0.15) is 0 Å². The van der Waals surface area contributed by atoms with Crippen molar-refractivity contribution in [1.82, 2.24) is 15.1 Å². The van der Waals surface area contributed by atoms with Crippen LogP contribution in [0.2, 0.25) is 0 Å². The normalized spacial score (nSPS) is 17.2. The number of halogens is 1. The number of anilines is 1. The largest absolute Gasteiger partial charge is 0.486 e. The predicted molar refractivity (Wildman–Crippen MR) is 125 cm³/mol. The summed E-state index contributed by atoms with van der Waals surface area (Å²) in [6.07, 6.45) is 1.91. The van der Waals surface area contributed by atoms with Gasteiger partial charge < -0.3 is 19.7 Å². The number of fused-ring (bicyclic) bond motifs is 1. The molecule has 1 fully saturated rings. The maximum absolute atomic E-state index is 13.0. The molecule has 1 saturated heterocycles. The third kappa shape index (κ3) is 5.22. The van der Waals surface area contributed by atoms with Crippen LogP contribution < -0.4 is 14.8 Å². The number of ether oxygens (including phenoxy) is 2. The summed E-state index contributed by atoms with van der Waals surface area (Å²) in [5, 5.41) is 12.2. The topological polar surface area (TPSA) is 76.6 Å². The first kappa shape index (κ1) is 22.0. The Labute approximate surface area is 199 Å². The summed E-state index contributed by atoms with van der Waals surface area (Å²) in [6, 6.07) is 12.3. The number of likely N-dealkylation sites (tertiary alicyclic amines) is 1. The molecule has 5 rings (SSSR count). The van der Waals surface area contributed by atoms with Crippen LogP contribution in [0.25, 0.3) is 0 Å². The molecule has 0 aliphatic carbocycles. The monoisotopic (exact) mass is 486 g/mol. The van der Waals surface area contributed by atoms with Crippen LogP contribution in [0.4, 0.5) is 9.52 Å². The molecular weight excluding hydrogens is 463 g/mol. The summed E-state index contributed by atoms with van der Waals surface area (Å²) < 4.78 is 25.1. The number of nitrogens with zero attached hydrogens (tertiary/aromatic N) is 3. The molecule has 1 unspecified atom stereocenters. The first-order valence-electron chi connectivity index (χ1n) is 10.8. The minimum absolute atomic E-state index is 0.0521. The second-order valence-corrected chi connectivity index (χ2v) is 9.99. The number of nitrogens with one attached hydrogen (secondary N) is 1. The molecule has 0 radical (unpaired) electrons. The van der Waals surface area contributed by atoms with Crippen LogP contribution >= 0.6 is 23.1 Å². The molecule has 172 valence electrons. The van der Waals surface area contributed by atoms with E-state index in [0.717, 1.165) is 46.4 Å². The molecule has 33 heavy (non-hydrogen) atoms. The highest BCUT2D eigenvalue weighted by molar-refractivity contribution is 8.01. The van der Waals surface area contributed by atoms with Crippen LogP contribution in [-0.4, -0.2) is 46.5 Å². The van der Waals surface area contributed by atoms with Gasteiger partial charge in [0, 0.05) is 13.1 Å². The average molecular weight is 487 g/mol. The van der Waals surface area contributed by atoms with Gasteiger partial charge in [0.1, 0.15) is 19.0 Å². The minimum atomic E-state index is -0.257. The molecular formula is C23H23FN4O3S2. The molecule has 1 atom stereocenters. The summed E-state index contributed by atoms with van der Waals surface area (Å²) in [6.45, 7) is 2.39. The number of rotatable bonds is 7. The third-order valence-corrected chi connectivity index (χ3v) is 7.61. The molecule has 2 aliphatic rings. The third-order valence-electron chi connectivity index (χ3n) is 5.61. The Morgan fingerprint density at radius 3 is 2.82 bits per heavy atom. The fourth-order valence-corrected chi connectivity index (χ4v) is 5.64. The molecule has 1 aromatic heterocycles. The summed E-state index contributed by atoms with van der Waals surface area (Å²) in [5.74, 6) is 1.66. The van der Waals surface area contributed by atoms with Crippen molar-refractivity contribution in [2.24, 2.45) is 0 Å². The van der Waals surface area contributed by atoms with Gasteiger partial charge in [-0.05, 0) is 48.2 Å². The smallest absolute Gasteiger partial charge is 0.233 e. The predicted octanol–water partition coefficient (Wildman–Crippen LogP) is 4.52. The first-order chi connectivity index (χ1) is 16.2. The molecule has 0 bridgehead atoms. The Kier molecular flexibility index (Phi) is 6.63. The minimum Gasteiger partial charge on any atom is -0.486 e. The van der Waals surface area contributed by atoms with Gasteiger partial charge in [-0.3, -0.25) is 4.79 Å². The maximum atomic E-state index is 13.0. The number of aromatic nitrogens is 2. The van der Waals surface area contributed by atoms with Crippen molar-refractivity contribution < 1.29 is 18.7 Å². The quantitative estimate of drug-likeness (QED) is 0.492.